The molecule has 1 fully saturated rings. The smallest absolute Gasteiger partial charge is 0.265 e. The summed E-state index contributed by atoms with van der Waals surface area (Å²) in [6, 6.07) is 12.0. The number of aryl methyl sites for hydroxylation is 1. The van der Waals surface area contributed by atoms with Crippen LogP contribution in [0.1, 0.15) is 24.8 Å². The number of hydrogen-bond donors (Lipinski definition) is 1. The minimum atomic E-state index is -0.650. The summed E-state index contributed by atoms with van der Waals surface area (Å²) < 4.78 is 19.8. The van der Waals surface area contributed by atoms with Gasteiger partial charge in [-0.15, -0.1) is 0 Å². The fourth-order valence-corrected chi connectivity index (χ4v) is 3.95. The van der Waals surface area contributed by atoms with Crippen LogP contribution >= 0.6 is 0 Å². The number of hydrogen-bond acceptors (Lipinski definition) is 4. The Balaban J connectivity index is 1.48. The number of piperidine rings is 1. The zero-order chi connectivity index (χ0) is 21.1. The predicted molar refractivity (Wildman–Crippen MR) is 113 cm³/mol. The number of rotatable bonds is 4. The van der Waals surface area contributed by atoms with Crippen LogP contribution in [0.5, 0.6) is 5.75 Å². The van der Waals surface area contributed by atoms with Gasteiger partial charge in [-0.1, -0.05) is 18.2 Å². The Morgan fingerprint density at radius 1 is 1.13 bits per heavy atom. The standard InChI is InChI=1S/C23H26FN3O3/c1-16-9-10-17(13-18(16)24)25-22(28)15-27-14-21(23(29)26-11-5-2-6-12-26)30-20-8-4-3-7-19(20)27/h3-4,7-10,13,21H,2,5-6,11-12,14-15H2,1H3,(H,25,28)/t21-/m0/s1. The molecular formula is C23H26FN3O3. The Morgan fingerprint density at radius 2 is 1.90 bits per heavy atom. The number of carbonyl (C=O) groups is 2. The zero-order valence-electron chi connectivity index (χ0n) is 17.1. The van der Waals surface area contributed by atoms with Gasteiger partial charge in [0.15, 0.2) is 6.10 Å². The van der Waals surface area contributed by atoms with Gasteiger partial charge in [-0.25, -0.2) is 4.39 Å². The molecule has 7 heteroatoms. The first-order chi connectivity index (χ1) is 14.5. The van der Waals surface area contributed by atoms with E-state index in [0.29, 0.717) is 23.5 Å². The van der Waals surface area contributed by atoms with Gasteiger partial charge in [0.25, 0.3) is 5.91 Å². The van der Waals surface area contributed by atoms with E-state index in [1.165, 1.54) is 6.07 Å². The molecule has 6 nitrogen and oxygen atoms in total. The van der Waals surface area contributed by atoms with Crippen LogP contribution < -0.4 is 15.0 Å². The van der Waals surface area contributed by atoms with Crippen LogP contribution in [0.4, 0.5) is 15.8 Å². The largest absolute Gasteiger partial charge is 0.477 e. The molecule has 0 aromatic heterocycles. The Kier molecular flexibility index (Phi) is 5.88. The van der Waals surface area contributed by atoms with E-state index in [0.717, 1.165) is 38.0 Å². The third kappa shape index (κ3) is 4.40. The maximum atomic E-state index is 13.8. The van der Waals surface area contributed by atoms with Crippen molar-refractivity contribution in [1.29, 1.82) is 0 Å². The molecule has 0 unspecified atom stereocenters. The minimum Gasteiger partial charge on any atom is -0.477 e. The second-order valence-electron chi connectivity index (χ2n) is 7.85. The lowest BCUT2D eigenvalue weighted by atomic mass is 10.1. The van der Waals surface area contributed by atoms with Crippen LogP contribution in [-0.2, 0) is 9.59 Å². The van der Waals surface area contributed by atoms with E-state index in [9.17, 15) is 14.0 Å². The van der Waals surface area contributed by atoms with Crippen molar-refractivity contribution >= 4 is 23.2 Å². The molecule has 2 amide bonds. The summed E-state index contributed by atoms with van der Waals surface area (Å²) in [7, 11) is 0. The van der Waals surface area contributed by atoms with E-state index in [2.05, 4.69) is 5.32 Å². The van der Waals surface area contributed by atoms with E-state index >= 15 is 0 Å². The Bertz CT molecular complexity index is 943. The average Bonchev–Trinajstić information content (AvgIpc) is 2.76. The van der Waals surface area contributed by atoms with Crippen LogP contribution in [0.2, 0.25) is 0 Å². The number of anilines is 2. The first kappa shape index (κ1) is 20.2. The van der Waals surface area contributed by atoms with Crippen molar-refractivity contribution in [2.75, 3.05) is 36.4 Å². The quantitative estimate of drug-likeness (QED) is 0.838. The lowest BCUT2D eigenvalue weighted by molar-refractivity contribution is -0.139. The molecule has 2 aliphatic rings. The predicted octanol–water partition coefficient (Wildman–Crippen LogP) is 3.35. The third-order valence-corrected chi connectivity index (χ3v) is 5.59. The highest BCUT2D eigenvalue weighted by molar-refractivity contribution is 5.95. The Morgan fingerprint density at radius 3 is 2.67 bits per heavy atom. The summed E-state index contributed by atoms with van der Waals surface area (Å²) in [5.41, 5.74) is 1.70. The monoisotopic (exact) mass is 411 g/mol. The number of nitrogens with one attached hydrogen (secondary N) is 1. The molecule has 30 heavy (non-hydrogen) atoms. The topological polar surface area (TPSA) is 61.9 Å². The molecule has 1 atom stereocenters. The van der Waals surface area contributed by atoms with Gasteiger partial charge < -0.3 is 19.9 Å². The molecule has 0 saturated carbocycles. The number of fused-ring (bicyclic) bond motifs is 1. The zero-order valence-corrected chi connectivity index (χ0v) is 17.1. The van der Waals surface area contributed by atoms with Gasteiger partial charge in [0.2, 0.25) is 5.91 Å². The molecule has 1 saturated heterocycles. The summed E-state index contributed by atoms with van der Waals surface area (Å²) in [5, 5.41) is 2.74. The number of carbonyl (C=O) groups excluding carboxylic acids is 2. The summed E-state index contributed by atoms with van der Waals surface area (Å²) in [6.07, 6.45) is 2.51. The summed E-state index contributed by atoms with van der Waals surface area (Å²) in [4.78, 5) is 29.3. The van der Waals surface area contributed by atoms with Gasteiger partial charge in [-0.05, 0) is 56.0 Å². The van der Waals surface area contributed by atoms with Crippen LogP contribution in [0.3, 0.4) is 0 Å². The van der Waals surface area contributed by atoms with E-state index in [-0.39, 0.29) is 24.2 Å². The number of nitrogens with zero attached hydrogens (tertiary/aromatic N) is 2. The molecule has 2 aromatic carbocycles. The molecular weight excluding hydrogens is 385 g/mol. The number of halogens is 1. The number of likely N-dealkylation sites (tertiary alicyclic amines) is 1. The van der Waals surface area contributed by atoms with E-state index in [1.807, 2.05) is 34.1 Å². The van der Waals surface area contributed by atoms with E-state index < -0.39 is 6.10 Å². The van der Waals surface area contributed by atoms with Crippen molar-refractivity contribution in [2.24, 2.45) is 0 Å². The normalized spacial score (nSPS) is 18.4. The molecule has 2 aromatic rings. The number of amides is 2. The molecule has 0 radical (unpaired) electrons. The second kappa shape index (κ2) is 8.73. The van der Waals surface area contributed by atoms with Crippen molar-refractivity contribution in [3.05, 3.63) is 53.8 Å². The van der Waals surface area contributed by atoms with Crippen LogP contribution in [0.15, 0.2) is 42.5 Å². The molecule has 158 valence electrons. The Hall–Kier alpha value is -3.09. The van der Waals surface area contributed by atoms with Crippen molar-refractivity contribution in [3.63, 3.8) is 0 Å². The van der Waals surface area contributed by atoms with Gasteiger partial charge >= 0.3 is 0 Å². The molecule has 0 bridgehead atoms. The van der Waals surface area contributed by atoms with Gasteiger partial charge in [-0.2, -0.15) is 0 Å². The summed E-state index contributed by atoms with van der Waals surface area (Å²) >= 11 is 0. The van der Waals surface area contributed by atoms with E-state index in [1.54, 1.807) is 19.1 Å². The average molecular weight is 411 g/mol. The molecule has 2 heterocycles. The fraction of sp³-hybridized carbons (Fsp3) is 0.391. The maximum Gasteiger partial charge on any atom is 0.265 e. The lowest BCUT2D eigenvalue weighted by Crippen LogP contribution is -2.52. The SMILES string of the molecule is Cc1ccc(NC(=O)CN2C[C@@H](C(=O)N3CCCCC3)Oc3ccccc32)cc1F. The van der Waals surface area contributed by atoms with Gasteiger partial charge in [-0.3, -0.25) is 9.59 Å². The van der Waals surface area contributed by atoms with Crippen LogP contribution in [-0.4, -0.2) is 49.0 Å². The lowest BCUT2D eigenvalue weighted by Gasteiger charge is -2.38. The van der Waals surface area contributed by atoms with Gasteiger partial charge in [0, 0.05) is 18.8 Å². The number of ether oxygens (including phenoxy) is 1. The van der Waals surface area contributed by atoms with Gasteiger partial charge in [0.05, 0.1) is 18.8 Å². The maximum absolute atomic E-state index is 13.8. The molecule has 0 spiro atoms. The van der Waals surface area contributed by atoms with Crippen molar-refractivity contribution < 1.29 is 18.7 Å². The number of para-hydroxylation sites is 2. The minimum absolute atomic E-state index is 0.0322. The Labute approximate surface area is 175 Å². The summed E-state index contributed by atoms with van der Waals surface area (Å²) in [6.45, 7) is 3.51. The van der Waals surface area contributed by atoms with Crippen LogP contribution in [0.25, 0.3) is 0 Å². The molecule has 2 aliphatic heterocycles. The number of benzene rings is 2. The fourth-order valence-electron chi connectivity index (χ4n) is 3.95. The molecule has 0 aliphatic carbocycles. The van der Waals surface area contributed by atoms with Crippen molar-refractivity contribution in [3.8, 4) is 5.75 Å². The highest BCUT2D eigenvalue weighted by atomic mass is 19.1. The highest BCUT2D eigenvalue weighted by Crippen LogP contribution is 2.33. The highest BCUT2D eigenvalue weighted by Gasteiger charge is 2.34. The summed E-state index contributed by atoms with van der Waals surface area (Å²) in [5.74, 6) is -0.0839. The first-order valence-electron chi connectivity index (χ1n) is 10.4. The molecule has 1 N–H and O–H groups in total. The van der Waals surface area contributed by atoms with Crippen molar-refractivity contribution in [2.45, 2.75) is 32.3 Å². The first-order valence-corrected chi connectivity index (χ1v) is 10.4. The second-order valence-corrected chi connectivity index (χ2v) is 7.85. The van der Waals surface area contributed by atoms with Gasteiger partial charge in [0.1, 0.15) is 11.6 Å². The van der Waals surface area contributed by atoms with E-state index in [4.69, 9.17) is 4.74 Å². The van der Waals surface area contributed by atoms with Crippen molar-refractivity contribution in [1.82, 2.24) is 4.90 Å². The third-order valence-electron chi connectivity index (χ3n) is 5.59. The van der Waals surface area contributed by atoms with Crippen LogP contribution in [0, 0.1) is 12.7 Å². The molecule has 4 rings (SSSR count).